The second-order valence-electron chi connectivity index (χ2n) is 5.07. The quantitative estimate of drug-likeness (QED) is 0.792. The third-order valence-corrected chi connectivity index (χ3v) is 5.72. The highest BCUT2D eigenvalue weighted by atomic mass is 32.2. The summed E-state index contributed by atoms with van der Waals surface area (Å²) >= 11 is 1.37. The number of nitrogens with one attached hydrogen (secondary N) is 1. The molecule has 0 aliphatic heterocycles. The Bertz CT molecular complexity index is 941. The molecule has 0 amide bonds. The van der Waals surface area contributed by atoms with Crippen molar-refractivity contribution in [3.8, 4) is 0 Å². The Balaban J connectivity index is 1.95. The van der Waals surface area contributed by atoms with Crippen LogP contribution in [-0.2, 0) is 16.6 Å². The highest BCUT2D eigenvalue weighted by molar-refractivity contribution is 7.89. The molecule has 116 valence electrons. The van der Waals surface area contributed by atoms with Crippen LogP contribution in [-0.4, -0.2) is 23.0 Å². The number of sulfonamides is 1. The third kappa shape index (κ3) is 2.65. The van der Waals surface area contributed by atoms with Crippen molar-refractivity contribution >= 4 is 26.3 Å². The molecule has 6 nitrogen and oxygen atoms in total. The summed E-state index contributed by atoms with van der Waals surface area (Å²) in [7, 11) is -3.68. The number of benzene rings is 1. The molecule has 22 heavy (non-hydrogen) atoms. The molecule has 0 spiro atoms. The van der Waals surface area contributed by atoms with Crippen molar-refractivity contribution in [2.45, 2.75) is 32.3 Å². The summed E-state index contributed by atoms with van der Waals surface area (Å²) in [6, 6.07) is 7.68. The van der Waals surface area contributed by atoms with Gasteiger partial charge in [0, 0.05) is 6.54 Å². The van der Waals surface area contributed by atoms with Crippen molar-refractivity contribution in [1.29, 1.82) is 0 Å². The topological polar surface area (TPSA) is 76.4 Å². The summed E-state index contributed by atoms with van der Waals surface area (Å²) in [5, 5.41) is 5.11. The minimum Gasteiger partial charge on any atom is -0.221 e. The smallest absolute Gasteiger partial charge is 0.221 e. The standard InChI is InChI=1S/C14H16N4O2S2/c1-9-6-4-5-7-12(9)8-15-22(19,20)13-10(2)16-14-18(13)17-11(3)21-14/h4-7,15H,8H2,1-3H3. The molecular weight excluding hydrogens is 320 g/mol. The van der Waals surface area contributed by atoms with Gasteiger partial charge in [-0.3, -0.25) is 0 Å². The van der Waals surface area contributed by atoms with E-state index >= 15 is 0 Å². The number of rotatable bonds is 4. The van der Waals surface area contributed by atoms with E-state index in [4.69, 9.17) is 0 Å². The number of nitrogens with zero attached hydrogens (tertiary/aromatic N) is 3. The van der Waals surface area contributed by atoms with Crippen LogP contribution in [0.25, 0.3) is 4.96 Å². The normalized spacial score (nSPS) is 12.1. The van der Waals surface area contributed by atoms with Gasteiger partial charge in [-0.15, -0.1) is 0 Å². The van der Waals surface area contributed by atoms with E-state index in [1.54, 1.807) is 6.92 Å². The first-order chi connectivity index (χ1) is 10.4. The van der Waals surface area contributed by atoms with Gasteiger partial charge in [-0.1, -0.05) is 35.6 Å². The summed E-state index contributed by atoms with van der Waals surface area (Å²) in [6.07, 6.45) is 0. The Labute approximate surface area is 132 Å². The minimum absolute atomic E-state index is 0.112. The Morgan fingerprint density at radius 1 is 1.23 bits per heavy atom. The predicted molar refractivity (Wildman–Crippen MR) is 85.5 cm³/mol. The van der Waals surface area contributed by atoms with E-state index in [1.807, 2.05) is 38.1 Å². The van der Waals surface area contributed by atoms with E-state index in [9.17, 15) is 8.42 Å². The first-order valence-corrected chi connectivity index (χ1v) is 9.05. The molecule has 8 heteroatoms. The molecule has 3 rings (SSSR count). The van der Waals surface area contributed by atoms with Crippen LogP contribution in [0.4, 0.5) is 0 Å². The Morgan fingerprint density at radius 3 is 2.68 bits per heavy atom. The van der Waals surface area contributed by atoms with Gasteiger partial charge in [-0.25, -0.2) is 18.1 Å². The Kier molecular flexibility index (Phi) is 3.75. The SMILES string of the molecule is Cc1nn2c(S(=O)(=O)NCc3ccccc3C)c(C)nc2s1. The summed E-state index contributed by atoms with van der Waals surface area (Å²) < 4.78 is 29.3. The number of aryl methyl sites for hydroxylation is 3. The van der Waals surface area contributed by atoms with Gasteiger partial charge in [-0.2, -0.15) is 9.61 Å². The van der Waals surface area contributed by atoms with Gasteiger partial charge in [0.05, 0.1) is 5.69 Å². The average molecular weight is 336 g/mol. The van der Waals surface area contributed by atoms with Crippen LogP contribution in [0.15, 0.2) is 29.3 Å². The van der Waals surface area contributed by atoms with E-state index in [2.05, 4.69) is 14.8 Å². The zero-order valence-corrected chi connectivity index (χ0v) is 14.1. The molecule has 0 saturated heterocycles. The van der Waals surface area contributed by atoms with Crippen LogP contribution in [0.5, 0.6) is 0 Å². The maximum atomic E-state index is 12.6. The molecule has 0 radical (unpaired) electrons. The molecule has 0 fully saturated rings. The lowest BCUT2D eigenvalue weighted by Gasteiger charge is -2.08. The molecule has 2 heterocycles. The molecule has 0 aliphatic carbocycles. The average Bonchev–Trinajstić information content (AvgIpc) is 2.92. The maximum Gasteiger partial charge on any atom is 0.260 e. The maximum absolute atomic E-state index is 12.6. The zero-order chi connectivity index (χ0) is 15.9. The van der Waals surface area contributed by atoms with Gasteiger partial charge in [0.2, 0.25) is 4.96 Å². The third-order valence-electron chi connectivity index (χ3n) is 3.39. The molecular formula is C14H16N4O2S2. The summed E-state index contributed by atoms with van der Waals surface area (Å²) in [5.41, 5.74) is 2.44. The van der Waals surface area contributed by atoms with Gasteiger partial charge in [0.15, 0.2) is 5.03 Å². The molecule has 0 aliphatic rings. The lowest BCUT2D eigenvalue weighted by atomic mass is 10.1. The molecule has 1 N–H and O–H groups in total. The number of imidazole rings is 1. The number of aromatic nitrogens is 3. The Hall–Kier alpha value is -1.77. The van der Waals surface area contributed by atoms with Crippen LogP contribution in [0.3, 0.4) is 0 Å². The zero-order valence-electron chi connectivity index (χ0n) is 12.5. The van der Waals surface area contributed by atoms with E-state index < -0.39 is 10.0 Å². The molecule has 0 bridgehead atoms. The van der Waals surface area contributed by atoms with Crippen molar-refractivity contribution in [3.05, 3.63) is 46.1 Å². The predicted octanol–water partition coefficient (Wildman–Crippen LogP) is 2.19. The van der Waals surface area contributed by atoms with Crippen molar-refractivity contribution in [3.63, 3.8) is 0 Å². The fraction of sp³-hybridized carbons (Fsp3) is 0.286. The monoisotopic (exact) mass is 336 g/mol. The van der Waals surface area contributed by atoms with Gasteiger partial charge in [-0.05, 0) is 31.9 Å². The molecule has 0 saturated carbocycles. The summed E-state index contributed by atoms with van der Waals surface area (Å²) in [5.74, 6) is 0. The van der Waals surface area contributed by atoms with E-state index in [0.29, 0.717) is 10.7 Å². The van der Waals surface area contributed by atoms with Crippen molar-refractivity contribution in [1.82, 2.24) is 19.3 Å². The largest absolute Gasteiger partial charge is 0.260 e. The fourth-order valence-corrected chi connectivity index (χ4v) is 4.40. The second-order valence-corrected chi connectivity index (χ2v) is 7.91. The summed E-state index contributed by atoms with van der Waals surface area (Å²) in [4.78, 5) is 4.86. The van der Waals surface area contributed by atoms with Crippen molar-refractivity contribution in [2.75, 3.05) is 0 Å². The molecule has 0 atom stereocenters. The second kappa shape index (κ2) is 5.45. The van der Waals surface area contributed by atoms with Gasteiger partial charge >= 0.3 is 0 Å². The molecule has 2 aromatic heterocycles. The first kappa shape index (κ1) is 15.1. The molecule has 0 unspecified atom stereocenters. The highest BCUT2D eigenvalue weighted by Crippen LogP contribution is 2.21. The van der Waals surface area contributed by atoms with E-state index in [-0.39, 0.29) is 11.6 Å². The van der Waals surface area contributed by atoms with Crippen molar-refractivity contribution in [2.24, 2.45) is 0 Å². The number of hydrogen-bond donors (Lipinski definition) is 1. The van der Waals surface area contributed by atoms with Crippen molar-refractivity contribution < 1.29 is 8.42 Å². The van der Waals surface area contributed by atoms with Gasteiger partial charge in [0.1, 0.15) is 5.01 Å². The van der Waals surface area contributed by atoms with Crippen LogP contribution in [0, 0.1) is 20.8 Å². The lowest BCUT2D eigenvalue weighted by Crippen LogP contribution is -2.25. The molecule has 3 aromatic rings. The minimum atomic E-state index is -3.68. The van der Waals surface area contributed by atoms with Crippen LogP contribution in [0.1, 0.15) is 21.8 Å². The first-order valence-electron chi connectivity index (χ1n) is 6.75. The van der Waals surface area contributed by atoms with Crippen LogP contribution >= 0.6 is 11.3 Å². The Morgan fingerprint density at radius 2 is 1.95 bits per heavy atom. The van der Waals surface area contributed by atoms with E-state index in [0.717, 1.165) is 16.1 Å². The highest BCUT2D eigenvalue weighted by Gasteiger charge is 2.25. The van der Waals surface area contributed by atoms with E-state index in [1.165, 1.54) is 15.9 Å². The fourth-order valence-electron chi connectivity index (χ4n) is 2.28. The van der Waals surface area contributed by atoms with Crippen LogP contribution in [0.2, 0.25) is 0 Å². The summed E-state index contributed by atoms with van der Waals surface area (Å²) in [6.45, 7) is 5.70. The van der Waals surface area contributed by atoms with Crippen LogP contribution < -0.4 is 4.72 Å². The van der Waals surface area contributed by atoms with Gasteiger partial charge in [0.25, 0.3) is 10.0 Å². The van der Waals surface area contributed by atoms with Gasteiger partial charge < -0.3 is 0 Å². The number of hydrogen-bond acceptors (Lipinski definition) is 5. The number of fused-ring (bicyclic) bond motifs is 1. The lowest BCUT2D eigenvalue weighted by molar-refractivity contribution is 0.572. The molecule has 1 aromatic carbocycles.